The molecule has 94 valence electrons. The first-order valence-electron chi connectivity index (χ1n) is 5.57. The summed E-state index contributed by atoms with van der Waals surface area (Å²) in [6, 6.07) is 13.3. The minimum absolute atomic E-state index is 0.652. The zero-order valence-corrected chi connectivity index (χ0v) is 11.5. The molecular formula is C14H14Cl2N2. The highest BCUT2D eigenvalue weighted by molar-refractivity contribution is 6.33. The van der Waals surface area contributed by atoms with Gasteiger partial charge in [0.1, 0.15) is 0 Å². The molecule has 0 radical (unpaired) electrons. The topological polar surface area (TPSA) is 29.3 Å². The number of benzene rings is 2. The lowest BCUT2D eigenvalue weighted by Gasteiger charge is -2.21. The van der Waals surface area contributed by atoms with Crippen LogP contribution in [0.5, 0.6) is 0 Å². The van der Waals surface area contributed by atoms with Crippen molar-refractivity contribution in [2.24, 2.45) is 0 Å². The van der Waals surface area contributed by atoms with Crippen molar-refractivity contribution < 1.29 is 0 Å². The summed E-state index contributed by atoms with van der Waals surface area (Å²) in [7, 11) is 1.98. The molecule has 2 aromatic carbocycles. The Morgan fingerprint density at radius 3 is 2.56 bits per heavy atom. The molecule has 2 nitrogen and oxygen atoms in total. The van der Waals surface area contributed by atoms with Crippen LogP contribution in [0.4, 0.5) is 11.4 Å². The van der Waals surface area contributed by atoms with E-state index in [1.54, 1.807) is 6.07 Å². The fourth-order valence-corrected chi connectivity index (χ4v) is 2.37. The summed E-state index contributed by atoms with van der Waals surface area (Å²) in [4.78, 5) is 2.06. The Kier molecular flexibility index (Phi) is 4.00. The van der Waals surface area contributed by atoms with Crippen molar-refractivity contribution >= 4 is 34.6 Å². The van der Waals surface area contributed by atoms with Gasteiger partial charge in [0, 0.05) is 24.3 Å². The molecule has 0 atom stereocenters. The lowest BCUT2D eigenvalue weighted by atomic mass is 10.2. The molecule has 0 aliphatic heterocycles. The van der Waals surface area contributed by atoms with Gasteiger partial charge in [-0.3, -0.25) is 0 Å². The Morgan fingerprint density at radius 2 is 1.89 bits per heavy atom. The van der Waals surface area contributed by atoms with E-state index in [0.29, 0.717) is 10.7 Å². The Morgan fingerprint density at radius 1 is 1.11 bits per heavy atom. The minimum Gasteiger partial charge on any atom is -0.399 e. The van der Waals surface area contributed by atoms with Gasteiger partial charge in [-0.15, -0.1) is 0 Å². The monoisotopic (exact) mass is 280 g/mol. The van der Waals surface area contributed by atoms with E-state index in [1.807, 2.05) is 43.4 Å². The molecule has 0 spiro atoms. The van der Waals surface area contributed by atoms with Gasteiger partial charge in [0.05, 0.1) is 10.7 Å². The van der Waals surface area contributed by atoms with Crippen molar-refractivity contribution in [1.29, 1.82) is 0 Å². The van der Waals surface area contributed by atoms with Crippen molar-refractivity contribution in [3.63, 3.8) is 0 Å². The third-order valence-electron chi connectivity index (χ3n) is 2.69. The molecule has 4 heteroatoms. The van der Waals surface area contributed by atoms with Crippen LogP contribution in [0.15, 0.2) is 42.5 Å². The number of nitrogens with zero attached hydrogens (tertiary/aromatic N) is 1. The average Bonchev–Trinajstić information content (AvgIpc) is 2.28. The van der Waals surface area contributed by atoms with E-state index in [9.17, 15) is 0 Å². The van der Waals surface area contributed by atoms with Crippen molar-refractivity contribution in [2.75, 3.05) is 17.7 Å². The van der Waals surface area contributed by atoms with Crippen LogP contribution < -0.4 is 10.6 Å². The number of rotatable bonds is 3. The Hall–Kier alpha value is -1.38. The second kappa shape index (κ2) is 5.51. The quantitative estimate of drug-likeness (QED) is 0.854. The maximum absolute atomic E-state index is 6.17. The van der Waals surface area contributed by atoms with E-state index in [4.69, 9.17) is 28.9 Å². The molecule has 2 rings (SSSR count). The van der Waals surface area contributed by atoms with Gasteiger partial charge in [-0.25, -0.2) is 0 Å². The van der Waals surface area contributed by atoms with Gasteiger partial charge >= 0.3 is 0 Å². The van der Waals surface area contributed by atoms with Crippen LogP contribution in [-0.4, -0.2) is 7.05 Å². The molecule has 2 aromatic rings. The van der Waals surface area contributed by atoms with Crippen molar-refractivity contribution in [2.45, 2.75) is 6.54 Å². The molecule has 0 heterocycles. The molecular weight excluding hydrogens is 267 g/mol. The Labute approximate surface area is 117 Å². The van der Waals surface area contributed by atoms with Crippen molar-refractivity contribution in [3.8, 4) is 0 Å². The maximum Gasteiger partial charge on any atom is 0.0660 e. The highest BCUT2D eigenvalue weighted by Gasteiger charge is 2.07. The molecule has 0 aliphatic carbocycles. The summed E-state index contributed by atoms with van der Waals surface area (Å²) >= 11 is 12.1. The van der Waals surface area contributed by atoms with Crippen LogP contribution in [0.25, 0.3) is 0 Å². The first kappa shape index (κ1) is 13.1. The predicted molar refractivity (Wildman–Crippen MR) is 79.4 cm³/mol. The number of anilines is 2. The number of halogens is 2. The standard InChI is InChI=1S/C14H14Cl2N2/c1-18(9-10-3-2-4-11(15)7-10)14-6-5-12(17)8-13(14)16/h2-8H,9,17H2,1H3. The lowest BCUT2D eigenvalue weighted by molar-refractivity contribution is 0.923. The van der Waals surface area contributed by atoms with Crippen LogP contribution in [0.1, 0.15) is 5.56 Å². The summed E-state index contributed by atoms with van der Waals surface area (Å²) < 4.78 is 0. The highest BCUT2D eigenvalue weighted by atomic mass is 35.5. The largest absolute Gasteiger partial charge is 0.399 e. The van der Waals surface area contributed by atoms with Gasteiger partial charge < -0.3 is 10.6 Å². The molecule has 0 fully saturated rings. The molecule has 0 aliphatic rings. The Balaban J connectivity index is 2.19. The summed E-state index contributed by atoms with van der Waals surface area (Å²) in [6.07, 6.45) is 0. The maximum atomic E-state index is 6.17. The van der Waals surface area contributed by atoms with Crippen molar-refractivity contribution in [3.05, 3.63) is 58.1 Å². The number of hydrogen-bond acceptors (Lipinski definition) is 2. The van der Waals surface area contributed by atoms with E-state index >= 15 is 0 Å². The van der Waals surface area contributed by atoms with Crippen LogP contribution in [0, 0.1) is 0 Å². The summed E-state index contributed by atoms with van der Waals surface area (Å²) in [5.74, 6) is 0. The SMILES string of the molecule is CN(Cc1cccc(Cl)c1)c1ccc(N)cc1Cl. The summed E-state index contributed by atoms with van der Waals surface area (Å²) in [6.45, 7) is 0.740. The molecule has 0 saturated carbocycles. The van der Waals surface area contributed by atoms with Crippen LogP contribution in [0.2, 0.25) is 10.0 Å². The zero-order chi connectivity index (χ0) is 13.1. The average molecular weight is 281 g/mol. The normalized spacial score (nSPS) is 10.4. The molecule has 2 N–H and O–H groups in total. The lowest BCUT2D eigenvalue weighted by Crippen LogP contribution is -2.16. The van der Waals surface area contributed by atoms with Crippen LogP contribution in [-0.2, 0) is 6.54 Å². The van der Waals surface area contributed by atoms with E-state index in [2.05, 4.69) is 4.90 Å². The molecule has 18 heavy (non-hydrogen) atoms. The molecule has 0 unspecified atom stereocenters. The number of nitrogens with two attached hydrogens (primary N) is 1. The molecule has 0 bridgehead atoms. The van der Waals surface area contributed by atoms with Gasteiger partial charge in [-0.1, -0.05) is 35.3 Å². The van der Waals surface area contributed by atoms with Gasteiger partial charge in [0.25, 0.3) is 0 Å². The first-order chi connectivity index (χ1) is 8.56. The fraction of sp³-hybridized carbons (Fsp3) is 0.143. The van der Waals surface area contributed by atoms with Gasteiger partial charge in [0.2, 0.25) is 0 Å². The highest BCUT2D eigenvalue weighted by Crippen LogP contribution is 2.28. The van der Waals surface area contributed by atoms with E-state index in [0.717, 1.165) is 22.8 Å². The third kappa shape index (κ3) is 3.09. The van der Waals surface area contributed by atoms with Gasteiger partial charge in [-0.05, 0) is 35.9 Å². The van der Waals surface area contributed by atoms with E-state index in [1.165, 1.54) is 0 Å². The molecule has 0 aromatic heterocycles. The first-order valence-corrected chi connectivity index (χ1v) is 6.32. The minimum atomic E-state index is 0.652. The fourth-order valence-electron chi connectivity index (χ4n) is 1.83. The Bertz CT molecular complexity index is 555. The second-order valence-corrected chi connectivity index (χ2v) is 5.04. The summed E-state index contributed by atoms with van der Waals surface area (Å²) in [5.41, 5.74) is 8.43. The molecule has 0 saturated heterocycles. The van der Waals surface area contributed by atoms with Gasteiger partial charge in [-0.2, -0.15) is 0 Å². The second-order valence-electron chi connectivity index (χ2n) is 4.20. The van der Waals surface area contributed by atoms with Crippen LogP contribution >= 0.6 is 23.2 Å². The van der Waals surface area contributed by atoms with E-state index < -0.39 is 0 Å². The third-order valence-corrected chi connectivity index (χ3v) is 3.23. The number of hydrogen-bond donors (Lipinski definition) is 1. The summed E-state index contributed by atoms with van der Waals surface area (Å²) in [5, 5.41) is 1.39. The van der Waals surface area contributed by atoms with Crippen molar-refractivity contribution in [1.82, 2.24) is 0 Å². The predicted octanol–water partition coefficient (Wildman–Crippen LogP) is 4.21. The smallest absolute Gasteiger partial charge is 0.0660 e. The van der Waals surface area contributed by atoms with Crippen LogP contribution in [0.3, 0.4) is 0 Å². The van der Waals surface area contributed by atoms with Gasteiger partial charge in [0.15, 0.2) is 0 Å². The number of nitrogen functional groups attached to an aromatic ring is 1. The molecule has 0 amide bonds. The zero-order valence-electron chi connectivity index (χ0n) is 10.0. The van der Waals surface area contributed by atoms with E-state index in [-0.39, 0.29) is 0 Å².